The van der Waals surface area contributed by atoms with Crippen molar-refractivity contribution in [3.05, 3.63) is 45.9 Å². The number of anilines is 1. The monoisotopic (exact) mass is 348 g/mol. The Balaban J connectivity index is 1.50. The van der Waals surface area contributed by atoms with Gasteiger partial charge in [-0.25, -0.2) is 4.98 Å². The number of carbonyl (C=O) groups is 1. The van der Waals surface area contributed by atoms with Gasteiger partial charge in [0.1, 0.15) is 0 Å². The summed E-state index contributed by atoms with van der Waals surface area (Å²) in [4.78, 5) is 17.4. The number of amides is 1. The Morgan fingerprint density at radius 3 is 2.87 bits per heavy atom. The molecule has 1 amide bonds. The third-order valence-electron chi connectivity index (χ3n) is 4.38. The van der Waals surface area contributed by atoms with Crippen molar-refractivity contribution in [3.8, 4) is 0 Å². The van der Waals surface area contributed by atoms with Crippen molar-refractivity contribution in [2.45, 2.75) is 44.9 Å². The lowest BCUT2D eigenvalue weighted by molar-refractivity contribution is -0.116. The quantitative estimate of drug-likeness (QED) is 0.770. The van der Waals surface area contributed by atoms with E-state index >= 15 is 0 Å². The molecule has 1 N–H and O–H groups in total. The van der Waals surface area contributed by atoms with Gasteiger partial charge < -0.3 is 5.32 Å². The molecule has 0 saturated heterocycles. The van der Waals surface area contributed by atoms with E-state index in [1.165, 1.54) is 37.0 Å². The van der Waals surface area contributed by atoms with Crippen LogP contribution in [0.5, 0.6) is 0 Å². The van der Waals surface area contributed by atoms with Gasteiger partial charge in [-0.15, -0.1) is 11.3 Å². The summed E-state index contributed by atoms with van der Waals surface area (Å²) in [5.41, 5.74) is 1.08. The van der Waals surface area contributed by atoms with E-state index in [0.717, 1.165) is 34.2 Å². The minimum absolute atomic E-state index is 0.0792. The largest absolute Gasteiger partial charge is 0.302 e. The van der Waals surface area contributed by atoms with Crippen LogP contribution < -0.4 is 5.32 Å². The molecule has 1 saturated carbocycles. The molecule has 1 aromatic heterocycles. The van der Waals surface area contributed by atoms with E-state index in [1.54, 1.807) is 0 Å². The topological polar surface area (TPSA) is 42.0 Å². The van der Waals surface area contributed by atoms with Crippen LogP contribution >= 0.6 is 22.9 Å². The number of benzene rings is 1. The summed E-state index contributed by atoms with van der Waals surface area (Å²) in [5.74, 6) is 0.823. The number of nitrogens with zero attached hydrogens (tertiary/aromatic N) is 1. The smallest absolute Gasteiger partial charge is 0.226 e. The molecule has 0 unspecified atom stereocenters. The van der Waals surface area contributed by atoms with Crippen LogP contribution in [0.25, 0.3) is 0 Å². The minimum Gasteiger partial charge on any atom is -0.302 e. The molecule has 0 atom stereocenters. The highest BCUT2D eigenvalue weighted by molar-refractivity contribution is 7.15. The average Bonchev–Trinajstić information content (AvgIpc) is 3.19. The molecule has 1 fully saturated rings. The molecular formula is C18H21ClN2OS. The van der Waals surface area contributed by atoms with Crippen LogP contribution in [0, 0.1) is 5.92 Å². The van der Waals surface area contributed by atoms with Gasteiger partial charge in [-0.2, -0.15) is 0 Å². The highest BCUT2D eigenvalue weighted by Crippen LogP contribution is 2.29. The predicted molar refractivity (Wildman–Crippen MR) is 96.2 cm³/mol. The van der Waals surface area contributed by atoms with Crippen molar-refractivity contribution in [1.82, 2.24) is 4.98 Å². The maximum absolute atomic E-state index is 12.0. The molecule has 3 rings (SSSR count). The highest BCUT2D eigenvalue weighted by atomic mass is 35.5. The normalized spacial score (nSPS) is 15.0. The average molecular weight is 349 g/mol. The molecule has 3 nitrogen and oxygen atoms in total. The number of hydrogen-bond acceptors (Lipinski definition) is 3. The summed E-state index contributed by atoms with van der Waals surface area (Å²) in [7, 11) is 0. The van der Waals surface area contributed by atoms with Gasteiger partial charge in [0, 0.05) is 28.9 Å². The molecule has 2 aromatic rings. The fourth-order valence-electron chi connectivity index (χ4n) is 3.09. The molecule has 0 aliphatic heterocycles. The van der Waals surface area contributed by atoms with Crippen LogP contribution in [-0.2, 0) is 11.2 Å². The molecule has 0 bridgehead atoms. The number of aromatic nitrogens is 1. The molecule has 0 radical (unpaired) electrons. The first-order valence-electron chi connectivity index (χ1n) is 8.18. The van der Waals surface area contributed by atoms with Gasteiger partial charge in [0.05, 0.1) is 0 Å². The van der Waals surface area contributed by atoms with Crippen molar-refractivity contribution in [3.63, 3.8) is 0 Å². The lowest BCUT2D eigenvalue weighted by Gasteiger charge is -2.07. The standard InChI is InChI=1S/C18H21ClN2OS/c19-16-8-4-3-7-14(16)11-15-12-20-18(23-15)21-17(22)10-9-13-5-1-2-6-13/h3-4,7-8,12-13H,1-2,5-6,9-11H2,(H,20,21,22). The van der Waals surface area contributed by atoms with E-state index in [4.69, 9.17) is 11.6 Å². The van der Waals surface area contributed by atoms with Gasteiger partial charge in [0.25, 0.3) is 0 Å². The van der Waals surface area contributed by atoms with E-state index in [1.807, 2.05) is 30.5 Å². The summed E-state index contributed by atoms with van der Waals surface area (Å²) >= 11 is 7.70. The maximum Gasteiger partial charge on any atom is 0.226 e. The summed E-state index contributed by atoms with van der Waals surface area (Å²) in [6, 6.07) is 7.81. The van der Waals surface area contributed by atoms with Crippen molar-refractivity contribution in [1.29, 1.82) is 0 Å². The van der Waals surface area contributed by atoms with Gasteiger partial charge in [-0.3, -0.25) is 4.79 Å². The number of thiazole rings is 1. The lowest BCUT2D eigenvalue weighted by Crippen LogP contribution is -2.12. The van der Waals surface area contributed by atoms with Crippen LogP contribution in [-0.4, -0.2) is 10.9 Å². The zero-order valence-electron chi connectivity index (χ0n) is 13.1. The number of nitrogens with one attached hydrogen (secondary N) is 1. The summed E-state index contributed by atoms with van der Waals surface area (Å²) in [6.07, 6.45) is 9.39. The second kappa shape index (κ2) is 7.93. The van der Waals surface area contributed by atoms with Crippen LogP contribution in [0.1, 0.15) is 49.0 Å². The van der Waals surface area contributed by atoms with Gasteiger partial charge in [-0.05, 0) is 24.0 Å². The lowest BCUT2D eigenvalue weighted by atomic mass is 10.0. The van der Waals surface area contributed by atoms with E-state index < -0.39 is 0 Å². The third-order valence-corrected chi connectivity index (χ3v) is 5.66. The molecule has 1 aliphatic carbocycles. The number of carbonyl (C=O) groups excluding carboxylic acids is 1. The molecule has 0 spiro atoms. The Kier molecular flexibility index (Phi) is 5.68. The first-order valence-corrected chi connectivity index (χ1v) is 9.38. The predicted octanol–water partition coefficient (Wildman–Crippen LogP) is 5.30. The summed E-state index contributed by atoms with van der Waals surface area (Å²) in [5, 5.41) is 4.37. The molecule has 122 valence electrons. The Morgan fingerprint density at radius 2 is 2.09 bits per heavy atom. The first kappa shape index (κ1) is 16.5. The fraction of sp³-hybridized carbons (Fsp3) is 0.444. The number of rotatable bonds is 6. The van der Waals surface area contributed by atoms with Crippen LogP contribution in [0.3, 0.4) is 0 Å². The maximum atomic E-state index is 12.0. The number of halogens is 1. The fourth-order valence-corrected chi connectivity index (χ4v) is 4.15. The second-order valence-electron chi connectivity index (χ2n) is 6.14. The number of hydrogen-bond donors (Lipinski definition) is 1. The molecule has 23 heavy (non-hydrogen) atoms. The Labute approximate surface area is 146 Å². The van der Waals surface area contributed by atoms with E-state index in [0.29, 0.717) is 11.6 Å². The SMILES string of the molecule is O=C(CCC1CCCC1)Nc1ncc(Cc2ccccc2Cl)s1. The molecule has 1 heterocycles. The van der Waals surface area contributed by atoms with Gasteiger partial charge >= 0.3 is 0 Å². The van der Waals surface area contributed by atoms with E-state index in [9.17, 15) is 4.79 Å². The molecule has 5 heteroatoms. The summed E-state index contributed by atoms with van der Waals surface area (Å²) < 4.78 is 0. The van der Waals surface area contributed by atoms with E-state index in [2.05, 4.69) is 10.3 Å². The minimum atomic E-state index is 0.0792. The van der Waals surface area contributed by atoms with E-state index in [-0.39, 0.29) is 5.91 Å². The van der Waals surface area contributed by atoms with Crippen molar-refractivity contribution in [2.75, 3.05) is 5.32 Å². The molecule has 1 aliphatic rings. The zero-order valence-corrected chi connectivity index (χ0v) is 14.6. The second-order valence-corrected chi connectivity index (χ2v) is 7.66. The third kappa shape index (κ3) is 4.79. The van der Waals surface area contributed by atoms with Gasteiger partial charge in [-0.1, -0.05) is 55.5 Å². The Bertz CT molecular complexity index is 665. The van der Waals surface area contributed by atoms with Crippen LogP contribution in [0.15, 0.2) is 30.5 Å². The molecule has 1 aromatic carbocycles. The van der Waals surface area contributed by atoms with Crippen LogP contribution in [0.2, 0.25) is 5.02 Å². The van der Waals surface area contributed by atoms with Gasteiger partial charge in [0.2, 0.25) is 5.91 Å². The summed E-state index contributed by atoms with van der Waals surface area (Å²) in [6.45, 7) is 0. The zero-order chi connectivity index (χ0) is 16.1. The Morgan fingerprint density at radius 1 is 1.30 bits per heavy atom. The van der Waals surface area contributed by atoms with Crippen molar-refractivity contribution in [2.24, 2.45) is 5.92 Å². The Hall–Kier alpha value is -1.39. The van der Waals surface area contributed by atoms with Crippen molar-refractivity contribution >= 4 is 34.0 Å². The van der Waals surface area contributed by atoms with Gasteiger partial charge in [0.15, 0.2) is 5.13 Å². The molecular weight excluding hydrogens is 328 g/mol. The van der Waals surface area contributed by atoms with Crippen LogP contribution in [0.4, 0.5) is 5.13 Å². The highest BCUT2D eigenvalue weighted by Gasteiger charge is 2.16. The first-order chi connectivity index (χ1) is 11.2. The van der Waals surface area contributed by atoms with Crippen molar-refractivity contribution < 1.29 is 4.79 Å².